The topological polar surface area (TPSA) is 86.1 Å². The lowest BCUT2D eigenvalue weighted by atomic mass is 10.1. The number of hydrogen-bond donors (Lipinski definition) is 1. The lowest BCUT2D eigenvalue weighted by molar-refractivity contribution is 0.174. The Morgan fingerprint density at radius 1 is 0.889 bits per heavy atom. The second-order valence-corrected chi connectivity index (χ2v) is 5.92. The first-order valence-electron chi connectivity index (χ1n) is 8.38. The van der Waals surface area contributed by atoms with Crippen LogP contribution in [0.5, 0.6) is 11.5 Å². The molecule has 0 amide bonds. The Balaban J connectivity index is 1.35. The smallest absolute Gasteiger partial charge is 0.266 e. The normalized spacial score (nSPS) is 12.7. The highest BCUT2D eigenvalue weighted by atomic mass is 16.7. The zero-order chi connectivity index (χ0) is 18.1. The molecule has 27 heavy (non-hydrogen) atoms. The van der Waals surface area contributed by atoms with E-state index in [9.17, 15) is 0 Å². The Bertz CT molecular complexity index is 1120. The monoisotopic (exact) mass is 358 g/mol. The number of ether oxygens (including phenoxy) is 2. The summed E-state index contributed by atoms with van der Waals surface area (Å²) in [5, 5.41) is 15.4. The number of rotatable bonds is 4. The van der Waals surface area contributed by atoms with Crippen LogP contribution in [0.15, 0.2) is 59.0 Å². The first-order chi connectivity index (χ1) is 13.3. The molecule has 0 radical (unpaired) electrons. The molecule has 1 aliphatic heterocycles. The lowest BCUT2D eigenvalue weighted by Gasteiger charge is -1.96. The number of benzene rings is 2. The number of H-pyrrole nitrogens is 1. The van der Waals surface area contributed by atoms with E-state index in [4.69, 9.17) is 13.9 Å². The quantitative estimate of drug-likeness (QED) is 0.593. The number of nitrogens with zero attached hydrogens (tertiary/aromatic N) is 3. The molecule has 7 nitrogen and oxygen atoms in total. The predicted octanol–water partition coefficient (Wildman–Crippen LogP) is 4.03. The molecule has 0 aliphatic carbocycles. The molecule has 0 saturated heterocycles. The summed E-state index contributed by atoms with van der Waals surface area (Å²) in [4.78, 5) is 0. The molecule has 4 aromatic rings. The standard InChI is InChI=1S/C20H14N4O3/c1-2-4-14(5-3-1)15-11-16(22-21-15)20-24-23-19(27-20)9-7-13-6-8-17-18(10-13)26-12-25-17/h1-11H,12H2,(H,21,22)/b9-7+. The van der Waals surface area contributed by atoms with Crippen molar-refractivity contribution in [3.63, 3.8) is 0 Å². The molecule has 2 aromatic heterocycles. The van der Waals surface area contributed by atoms with Gasteiger partial charge < -0.3 is 13.9 Å². The van der Waals surface area contributed by atoms with Crippen molar-refractivity contribution in [3.05, 3.63) is 66.1 Å². The summed E-state index contributed by atoms with van der Waals surface area (Å²) in [5.41, 5.74) is 3.46. The Labute approximate surface area is 154 Å². The average Bonchev–Trinajstić information content (AvgIpc) is 3.46. The highest BCUT2D eigenvalue weighted by Gasteiger charge is 2.13. The van der Waals surface area contributed by atoms with Crippen LogP contribution in [0.1, 0.15) is 11.5 Å². The lowest BCUT2D eigenvalue weighted by Crippen LogP contribution is -1.92. The van der Waals surface area contributed by atoms with E-state index in [0.29, 0.717) is 17.5 Å². The maximum Gasteiger partial charge on any atom is 0.266 e. The molecule has 5 rings (SSSR count). The van der Waals surface area contributed by atoms with Crippen LogP contribution in [0.25, 0.3) is 35.0 Å². The van der Waals surface area contributed by atoms with Gasteiger partial charge in [0.25, 0.3) is 5.89 Å². The maximum absolute atomic E-state index is 5.70. The van der Waals surface area contributed by atoms with Crippen LogP contribution in [0.3, 0.4) is 0 Å². The molecule has 0 saturated carbocycles. The average molecular weight is 358 g/mol. The van der Waals surface area contributed by atoms with Crippen LogP contribution in [-0.2, 0) is 0 Å². The van der Waals surface area contributed by atoms with Crippen LogP contribution in [0.2, 0.25) is 0 Å². The summed E-state index contributed by atoms with van der Waals surface area (Å²) >= 11 is 0. The number of aromatic amines is 1. The summed E-state index contributed by atoms with van der Waals surface area (Å²) in [6, 6.07) is 17.5. The van der Waals surface area contributed by atoms with Crippen LogP contribution >= 0.6 is 0 Å². The molecule has 0 spiro atoms. The summed E-state index contributed by atoms with van der Waals surface area (Å²) in [7, 11) is 0. The summed E-state index contributed by atoms with van der Waals surface area (Å²) in [6.45, 7) is 0.255. The third-order valence-electron chi connectivity index (χ3n) is 4.13. The summed E-state index contributed by atoms with van der Waals surface area (Å²) in [6.07, 6.45) is 3.63. The molecule has 132 valence electrons. The van der Waals surface area contributed by atoms with Crippen molar-refractivity contribution in [2.75, 3.05) is 6.79 Å². The molecule has 1 aliphatic rings. The molecular formula is C20H14N4O3. The molecule has 0 unspecified atom stereocenters. The summed E-state index contributed by atoms with van der Waals surface area (Å²) in [5.74, 6) is 2.27. The highest BCUT2D eigenvalue weighted by Crippen LogP contribution is 2.33. The van der Waals surface area contributed by atoms with Crippen molar-refractivity contribution in [2.45, 2.75) is 0 Å². The third-order valence-corrected chi connectivity index (χ3v) is 4.13. The second-order valence-electron chi connectivity index (χ2n) is 5.92. The first-order valence-corrected chi connectivity index (χ1v) is 8.38. The van der Waals surface area contributed by atoms with Gasteiger partial charge in [-0.3, -0.25) is 5.10 Å². The largest absolute Gasteiger partial charge is 0.454 e. The number of fused-ring (bicyclic) bond motifs is 1. The zero-order valence-electron chi connectivity index (χ0n) is 14.1. The van der Waals surface area contributed by atoms with Crippen LogP contribution in [0.4, 0.5) is 0 Å². The van der Waals surface area contributed by atoms with Crippen molar-refractivity contribution in [2.24, 2.45) is 0 Å². The Morgan fingerprint density at radius 2 is 1.78 bits per heavy atom. The van der Waals surface area contributed by atoms with E-state index in [1.165, 1.54) is 0 Å². The number of nitrogens with one attached hydrogen (secondary N) is 1. The Hall–Kier alpha value is -3.87. The second kappa shape index (κ2) is 6.45. The van der Waals surface area contributed by atoms with E-state index in [-0.39, 0.29) is 6.79 Å². The fraction of sp³-hybridized carbons (Fsp3) is 0.0500. The van der Waals surface area contributed by atoms with E-state index in [2.05, 4.69) is 20.4 Å². The van der Waals surface area contributed by atoms with Gasteiger partial charge >= 0.3 is 0 Å². The minimum absolute atomic E-state index is 0.255. The van der Waals surface area contributed by atoms with E-state index < -0.39 is 0 Å². The minimum Gasteiger partial charge on any atom is -0.454 e. The van der Waals surface area contributed by atoms with E-state index in [1.54, 1.807) is 6.08 Å². The zero-order valence-corrected chi connectivity index (χ0v) is 14.1. The van der Waals surface area contributed by atoms with Crippen LogP contribution < -0.4 is 9.47 Å². The van der Waals surface area contributed by atoms with Gasteiger partial charge in [-0.05, 0) is 29.8 Å². The summed E-state index contributed by atoms with van der Waals surface area (Å²) < 4.78 is 16.4. The molecule has 0 fully saturated rings. The van der Waals surface area contributed by atoms with Gasteiger partial charge in [0, 0.05) is 11.6 Å². The first kappa shape index (κ1) is 15.4. The molecule has 7 heteroatoms. The van der Waals surface area contributed by atoms with E-state index in [1.807, 2.05) is 60.7 Å². The molecule has 0 bridgehead atoms. The predicted molar refractivity (Wildman–Crippen MR) is 98.8 cm³/mol. The van der Waals surface area contributed by atoms with Gasteiger partial charge in [0.2, 0.25) is 12.7 Å². The van der Waals surface area contributed by atoms with Gasteiger partial charge in [0.1, 0.15) is 5.69 Å². The van der Waals surface area contributed by atoms with E-state index in [0.717, 1.165) is 28.3 Å². The van der Waals surface area contributed by atoms with Gasteiger partial charge in [-0.15, -0.1) is 10.2 Å². The fourth-order valence-electron chi connectivity index (χ4n) is 2.78. The van der Waals surface area contributed by atoms with Gasteiger partial charge in [0.15, 0.2) is 11.5 Å². The van der Waals surface area contributed by atoms with Crippen LogP contribution in [0, 0.1) is 0 Å². The third kappa shape index (κ3) is 3.06. The van der Waals surface area contributed by atoms with Crippen molar-refractivity contribution in [1.82, 2.24) is 20.4 Å². The van der Waals surface area contributed by atoms with Gasteiger partial charge in [0.05, 0.1) is 5.69 Å². The fourth-order valence-corrected chi connectivity index (χ4v) is 2.78. The molecule has 1 N–H and O–H groups in total. The van der Waals surface area contributed by atoms with Gasteiger partial charge in [-0.25, -0.2) is 0 Å². The minimum atomic E-state index is 0.255. The molecule has 3 heterocycles. The van der Waals surface area contributed by atoms with Crippen LogP contribution in [-0.4, -0.2) is 27.2 Å². The van der Waals surface area contributed by atoms with Crippen molar-refractivity contribution >= 4 is 12.2 Å². The van der Waals surface area contributed by atoms with Crippen molar-refractivity contribution in [3.8, 4) is 34.3 Å². The van der Waals surface area contributed by atoms with Crippen molar-refractivity contribution in [1.29, 1.82) is 0 Å². The SMILES string of the molecule is C(=C\c1nnc(-c2cc(-c3ccccc3)n[nH]2)o1)/c1ccc2c(c1)OCO2. The van der Waals surface area contributed by atoms with Gasteiger partial charge in [-0.1, -0.05) is 36.4 Å². The molecular weight excluding hydrogens is 344 g/mol. The molecule has 2 aromatic carbocycles. The van der Waals surface area contributed by atoms with E-state index >= 15 is 0 Å². The highest BCUT2D eigenvalue weighted by molar-refractivity contribution is 5.69. The Morgan fingerprint density at radius 3 is 2.70 bits per heavy atom. The van der Waals surface area contributed by atoms with Crippen molar-refractivity contribution < 1.29 is 13.9 Å². The number of hydrogen-bond acceptors (Lipinski definition) is 6. The Kier molecular flexibility index (Phi) is 3.68. The van der Waals surface area contributed by atoms with Gasteiger partial charge in [-0.2, -0.15) is 5.10 Å². The maximum atomic E-state index is 5.70. The molecule has 0 atom stereocenters. The number of aromatic nitrogens is 4.